The van der Waals surface area contributed by atoms with Crippen LogP contribution in [-0.4, -0.2) is 30.6 Å². The van der Waals surface area contributed by atoms with Crippen LogP contribution in [-0.2, 0) is 9.53 Å². The van der Waals surface area contributed by atoms with Crippen molar-refractivity contribution in [2.24, 2.45) is 11.7 Å². The van der Waals surface area contributed by atoms with Gasteiger partial charge in [-0.15, -0.1) is 0 Å². The van der Waals surface area contributed by atoms with Crippen molar-refractivity contribution in [1.29, 1.82) is 0 Å². The van der Waals surface area contributed by atoms with Crippen LogP contribution in [0.15, 0.2) is 54.6 Å². The van der Waals surface area contributed by atoms with Crippen LogP contribution in [0.2, 0.25) is 0 Å². The van der Waals surface area contributed by atoms with E-state index >= 15 is 0 Å². The lowest BCUT2D eigenvalue weighted by atomic mass is 10.1. The van der Waals surface area contributed by atoms with Crippen LogP contribution in [0.1, 0.15) is 62.3 Å². The van der Waals surface area contributed by atoms with E-state index in [1.165, 1.54) is 31.3 Å². The molecule has 0 bridgehead atoms. The molecule has 0 spiro atoms. The van der Waals surface area contributed by atoms with E-state index in [1.807, 2.05) is 73.6 Å². The second-order valence-electron chi connectivity index (χ2n) is 6.11. The molecule has 0 radical (unpaired) electrons. The van der Waals surface area contributed by atoms with E-state index < -0.39 is 25.5 Å². The van der Waals surface area contributed by atoms with Gasteiger partial charge in [-0.3, -0.25) is 14.9 Å². The largest absolute Gasteiger partial charge is 0.465 e. The molecule has 2 rings (SSSR count). The van der Waals surface area contributed by atoms with Crippen molar-refractivity contribution in [3.05, 3.63) is 64.7 Å². The Morgan fingerprint density at radius 3 is 1.75 bits per heavy atom. The third-order valence-corrected chi connectivity index (χ3v) is 4.86. The van der Waals surface area contributed by atoms with Crippen molar-refractivity contribution in [3.63, 3.8) is 0 Å². The number of esters is 1. The lowest BCUT2D eigenvalue weighted by molar-refractivity contribution is -0.384. The van der Waals surface area contributed by atoms with Gasteiger partial charge in [0, 0.05) is 12.1 Å². The number of nitro groups is 1. The highest BCUT2D eigenvalue weighted by Crippen LogP contribution is 2.38. The maximum absolute atomic E-state index is 12.3. The average molecular weight is 528 g/mol. The number of carbonyl (C=O) groups is 1. The molecular formula is C26H46N3O6P. The second-order valence-corrected chi connectivity index (χ2v) is 7.24. The number of nitro benzene ring substituents is 1. The summed E-state index contributed by atoms with van der Waals surface area (Å²) in [5.41, 5.74) is 4.46. The Hall–Kier alpha value is -2.74. The summed E-state index contributed by atoms with van der Waals surface area (Å²) in [7, 11) is -0.274. The number of hydrogen-bond acceptors (Lipinski definition) is 8. The minimum Gasteiger partial charge on any atom is -0.465 e. The van der Waals surface area contributed by atoms with Crippen LogP contribution < -0.4 is 19.9 Å². The molecule has 0 aliphatic carbocycles. The molecule has 3 N–H and O–H groups in total. The number of nitrogens with zero attached hydrogens (tertiary/aromatic N) is 1. The minimum absolute atomic E-state index is 0.0415. The zero-order valence-corrected chi connectivity index (χ0v) is 24.4. The summed E-state index contributed by atoms with van der Waals surface area (Å²) < 4.78 is 16.9. The first-order valence-electron chi connectivity index (χ1n) is 12.4. The van der Waals surface area contributed by atoms with E-state index in [-0.39, 0.29) is 18.2 Å². The molecule has 2 atom stereocenters. The number of carbonyl (C=O) groups excluding carboxylic acids is 1. The van der Waals surface area contributed by atoms with Crippen LogP contribution in [0.4, 0.5) is 5.69 Å². The van der Waals surface area contributed by atoms with Crippen LogP contribution in [0.3, 0.4) is 0 Å². The van der Waals surface area contributed by atoms with E-state index in [2.05, 4.69) is 10.8 Å². The molecule has 0 amide bonds. The van der Waals surface area contributed by atoms with Crippen molar-refractivity contribution < 1.29 is 23.5 Å². The summed E-state index contributed by atoms with van der Waals surface area (Å²) in [5, 5.41) is 13.9. The van der Waals surface area contributed by atoms with Crippen molar-refractivity contribution in [2.45, 2.75) is 68.4 Å². The summed E-state index contributed by atoms with van der Waals surface area (Å²) >= 11 is 0. The van der Waals surface area contributed by atoms with Gasteiger partial charge in [-0.2, -0.15) is 0 Å². The predicted molar refractivity (Wildman–Crippen MR) is 150 cm³/mol. The van der Waals surface area contributed by atoms with Crippen molar-refractivity contribution in [1.82, 2.24) is 5.09 Å². The molecule has 0 fully saturated rings. The molecule has 2 unspecified atom stereocenters. The van der Waals surface area contributed by atoms with Gasteiger partial charge < -0.3 is 19.5 Å². The molecular weight excluding hydrogens is 481 g/mol. The normalized spacial score (nSPS) is 10.7. The number of para-hydroxylation sites is 1. The molecule has 36 heavy (non-hydrogen) atoms. The fourth-order valence-corrected chi connectivity index (χ4v) is 3.59. The Morgan fingerprint density at radius 2 is 1.36 bits per heavy atom. The van der Waals surface area contributed by atoms with Crippen LogP contribution in [0, 0.1) is 16.0 Å². The SMILES string of the molecule is CC.CC.CC.CCOC(=O)C(NP(Oc1ccccc1)Oc1ccc([N+](=O)[O-])cc1)C(C)C.CN. The first kappa shape index (κ1) is 37.8. The van der Waals surface area contributed by atoms with Gasteiger partial charge in [0.25, 0.3) is 5.69 Å². The molecule has 206 valence electrons. The lowest BCUT2D eigenvalue weighted by Crippen LogP contribution is -2.40. The molecule has 0 aromatic heterocycles. The number of hydrogen-bond donors (Lipinski definition) is 2. The molecule has 2 aromatic carbocycles. The fourth-order valence-electron chi connectivity index (χ4n) is 2.19. The van der Waals surface area contributed by atoms with Gasteiger partial charge in [0.2, 0.25) is 0 Å². The molecule has 0 saturated carbocycles. The summed E-state index contributed by atoms with van der Waals surface area (Å²) in [6, 6.07) is 14.1. The zero-order valence-electron chi connectivity index (χ0n) is 23.5. The van der Waals surface area contributed by atoms with E-state index in [9.17, 15) is 14.9 Å². The van der Waals surface area contributed by atoms with Gasteiger partial charge in [-0.05, 0) is 44.2 Å². The van der Waals surface area contributed by atoms with Gasteiger partial charge in [-0.1, -0.05) is 73.6 Å². The van der Waals surface area contributed by atoms with Gasteiger partial charge in [0.1, 0.15) is 17.5 Å². The number of benzene rings is 2. The Labute approximate surface area is 218 Å². The van der Waals surface area contributed by atoms with Gasteiger partial charge in [0.15, 0.2) is 0 Å². The molecule has 9 nitrogen and oxygen atoms in total. The van der Waals surface area contributed by atoms with Crippen molar-refractivity contribution >= 4 is 20.2 Å². The second kappa shape index (κ2) is 25.4. The molecule has 0 aliphatic rings. The first-order valence-corrected chi connectivity index (χ1v) is 13.5. The highest BCUT2D eigenvalue weighted by atomic mass is 31.2. The predicted octanol–water partition coefficient (Wildman–Crippen LogP) is 7.11. The molecule has 2 aromatic rings. The molecule has 0 aliphatic heterocycles. The lowest BCUT2D eigenvalue weighted by Gasteiger charge is -2.25. The molecule has 0 saturated heterocycles. The minimum atomic E-state index is -1.77. The number of non-ortho nitro benzene ring substituents is 1. The van der Waals surface area contributed by atoms with Gasteiger partial charge in [-0.25, -0.2) is 5.09 Å². The third-order valence-electron chi connectivity index (χ3n) is 3.62. The monoisotopic (exact) mass is 527 g/mol. The van der Waals surface area contributed by atoms with Crippen molar-refractivity contribution in [2.75, 3.05) is 13.7 Å². The highest BCUT2D eigenvalue weighted by Gasteiger charge is 2.30. The molecule has 10 heteroatoms. The van der Waals surface area contributed by atoms with Crippen molar-refractivity contribution in [3.8, 4) is 11.5 Å². The Bertz CT molecular complexity index is 777. The van der Waals surface area contributed by atoms with Gasteiger partial charge in [0.05, 0.1) is 11.5 Å². The van der Waals surface area contributed by atoms with E-state index in [0.717, 1.165) is 0 Å². The van der Waals surface area contributed by atoms with E-state index in [4.69, 9.17) is 13.8 Å². The van der Waals surface area contributed by atoms with Crippen LogP contribution >= 0.6 is 8.53 Å². The smallest absolute Gasteiger partial charge is 0.382 e. The van der Waals surface area contributed by atoms with Crippen LogP contribution in [0.5, 0.6) is 11.5 Å². The number of ether oxygens (including phenoxy) is 1. The maximum Gasteiger partial charge on any atom is 0.382 e. The summed E-state index contributed by atoms with van der Waals surface area (Å²) in [4.78, 5) is 22.6. The number of nitrogens with one attached hydrogen (secondary N) is 1. The van der Waals surface area contributed by atoms with E-state index in [1.54, 1.807) is 19.1 Å². The highest BCUT2D eigenvalue weighted by molar-refractivity contribution is 7.45. The number of nitrogens with two attached hydrogens (primary N) is 1. The zero-order chi connectivity index (χ0) is 28.5. The fraction of sp³-hybridized carbons (Fsp3) is 0.500. The van der Waals surface area contributed by atoms with Crippen LogP contribution in [0.25, 0.3) is 0 Å². The summed E-state index contributed by atoms with van der Waals surface area (Å²) in [6.45, 7) is 17.8. The summed E-state index contributed by atoms with van der Waals surface area (Å²) in [6.07, 6.45) is 0. The third kappa shape index (κ3) is 16.0. The number of rotatable bonds is 10. The standard InChI is InChI=1S/C19H23N2O6P.3C2H6.CH5N/c1-4-25-19(22)18(14(2)3)20-28(26-16-8-6-5-7-9-16)27-17-12-10-15(11-13-17)21(23)24;4*1-2/h5-14,18,20H,4H2,1-3H3;3*1-2H3;2H2,1H3. The average Bonchev–Trinajstić information content (AvgIpc) is 2.92. The maximum atomic E-state index is 12.3. The molecule has 0 heterocycles. The van der Waals surface area contributed by atoms with Gasteiger partial charge >= 0.3 is 14.5 Å². The topological polar surface area (TPSA) is 126 Å². The summed E-state index contributed by atoms with van der Waals surface area (Å²) in [5.74, 6) is 0.485. The Balaban J connectivity index is -0.00000124. The quantitative estimate of drug-likeness (QED) is 0.145. The first-order chi connectivity index (χ1) is 17.4. The Kier molecular flexibility index (Phi) is 26.6. The Morgan fingerprint density at radius 1 is 0.917 bits per heavy atom. The van der Waals surface area contributed by atoms with E-state index in [0.29, 0.717) is 11.5 Å².